The molecule has 0 atom stereocenters. The quantitative estimate of drug-likeness (QED) is 0.688. The number of carbonyl (C=O) groups is 1. The van der Waals surface area contributed by atoms with Gasteiger partial charge in [0.2, 0.25) is 0 Å². The molecule has 1 heteroatoms. The Balaban J connectivity index is 2.69. The predicted octanol–water partition coefficient (Wildman–Crippen LogP) is 3.60. The molecule has 0 amide bonds. The fraction of sp³-hybridized carbons (Fsp3) is 0.214. The maximum atomic E-state index is 11.1. The molecule has 0 aliphatic rings. The highest BCUT2D eigenvalue weighted by Crippen LogP contribution is 2.21. The van der Waals surface area contributed by atoms with E-state index < -0.39 is 0 Å². The van der Waals surface area contributed by atoms with Crippen molar-refractivity contribution in [2.45, 2.75) is 19.8 Å². The van der Waals surface area contributed by atoms with Crippen LogP contribution in [-0.4, -0.2) is 6.29 Å². The number of aryl methyl sites for hydroxylation is 1. The van der Waals surface area contributed by atoms with Gasteiger partial charge in [-0.15, -0.1) is 0 Å². The minimum absolute atomic E-state index is 0.856. The zero-order valence-electron chi connectivity index (χ0n) is 8.86. The molecule has 2 rings (SSSR count). The van der Waals surface area contributed by atoms with Crippen molar-refractivity contribution in [2.24, 2.45) is 0 Å². The first kappa shape index (κ1) is 9.91. The van der Waals surface area contributed by atoms with Crippen molar-refractivity contribution in [3.63, 3.8) is 0 Å². The Bertz CT molecular complexity index is 486. The SMILES string of the molecule is CCCc1ccc2ccccc2c1C=O. The largest absolute Gasteiger partial charge is 0.298 e. The first-order valence-corrected chi connectivity index (χ1v) is 5.32. The van der Waals surface area contributed by atoms with E-state index in [4.69, 9.17) is 0 Å². The van der Waals surface area contributed by atoms with Gasteiger partial charge in [0.1, 0.15) is 0 Å². The third kappa shape index (κ3) is 1.78. The van der Waals surface area contributed by atoms with Crippen molar-refractivity contribution in [3.05, 3.63) is 47.5 Å². The van der Waals surface area contributed by atoms with Gasteiger partial charge >= 0.3 is 0 Å². The fourth-order valence-corrected chi connectivity index (χ4v) is 1.97. The van der Waals surface area contributed by atoms with E-state index in [1.165, 1.54) is 0 Å². The number of aldehydes is 1. The van der Waals surface area contributed by atoms with E-state index in [9.17, 15) is 4.79 Å². The Labute approximate surface area is 89.7 Å². The van der Waals surface area contributed by atoms with Gasteiger partial charge in [-0.3, -0.25) is 4.79 Å². The van der Waals surface area contributed by atoms with Crippen LogP contribution in [0.2, 0.25) is 0 Å². The van der Waals surface area contributed by atoms with Gasteiger partial charge in [0, 0.05) is 5.56 Å². The molecule has 1 nitrogen and oxygen atoms in total. The smallest absolute Gasteiger partial charge is 0.150 e. The van der Waals surface area contributed by atoms with Crippen LogP contribution in [0.25, 0.3) is 10.8 Å². The molecule has 2 aromatic rings. The van der Waals surface area contributed by atoms with Gasteiger partial charge in [-0.25, -0.2) is 0 Å². The van der Waals surface area contributed by atoms with E-state index in [-0.39, 0.29) is 0 Å². The molecule has 15 heavy (non-hydrogen) atoms. The lowest BCUT2D eigenvalue weighted by Crippen LogP contribution is -1.93. The lowest BCUT2D eigenvalue weighted by atomic mass is 9.97. The van der Waals surface area contributed by atoms with E-state index in [0.29, 0.717) is 0 Å². The summed E-state index contributed by atoms with van der Waals surface area (Å²) in [5.74, 6) is 0. The van der Waals surface area contributed by atoms with Gasteiger partial charge < -0.3 is 0 Å². The monoisotopic (exact) mass is 198 g/mol. The molecule has 0 spiro atoms. The summed E-state index contributed by atoms with van der Waals surface area (Å²) in [5, 5.41) is 2.21. The third-order valence-corrected chi connectivity index (χ3v) is 2.70. The number of hydrogen-bond acceptors (Lipinski definition) is 1. The molecule has 0 radical (unpaired) electrons. The molecule has 0 unspecified atom stereocenters. The molecule has 0 aromatic heterocycles. The second-order valence-corrected chi connectivity index (χ2v) is 3.73. The summed E-state index contributed by atoms with van der Waals surface area (Å²) in [6.45, 7) is 2.13. The van der Waals surface area contributed by atoms with Crippen LogP contribution in [0.1, 0.15) is 29.3 Å². The van der Waals surface area contributed by atoms with Crippen molar-refractivity contribution >= 4 is 17.1 Å². The van der Waals surface area contributed by atoms with Crippen LogP contribution in [0.3, 0.4) is 0 Å². The summed E-state index contributed by atoms with van der Waals surface area (Å²) >= 11 is 0. The Morgan fingerprint density at radius 2 is 1.93 bits per heavy atom. The molecule has 0 fully saturated rings. The number of benzene rings is 2. The summed E-state index contributed by atoms with van der Waals surface area (Å²) in [6, 6.07) is 12.2. The summed E-state index contributed by atoms with van der Waals surface area (Å²) in [4.78, 5) is 11.1. The molecule has 0 N–H and O–H groups in total. The number of hydrogen-bond donors (Lipinski definition) is 0. The number of fused-ring (bicyclic) bond motifs is 1. The van der Waals surface area contributed by atoms with Gasteiger partial charge in [-0.2, -0.15) is 0 Å². The summed E-state index contributed by atoms with van der Waals surface area (Å²) in [5.41, 5.74) is 2.01. The Kier molecular flexibility index (Phi) is 2.82. The molecule has 0 saturated carbocycles. The Morgan fingerprint density at radius 1 is 1.13 bits per heavy atom. The molecule has 0 heterocycles. The lowest BCUT2D eigenvalue weighted by Gasteiger charge is -2.06. The van der Waals surface area contributed by atoms with Gasteiger partial charge in [0.05, 0.1) is 0 Å². The van der Waals surface area contributed by atoms with Crippen LogP contribution in [0, 0.1) is 0 Å². The Hall–Kier alpha value is -1.63. The molecule has 0 aliphatic heterocycles. The first-order chi connectivity index (χ1) is 7.36. The van der Waals surface area contributed by atoms with E-state index in [0.717, 1.165) is 41.0 Å². The van der Waals surface area contributed by atoms with Crippen LogP contribution >= 0.6 is 0 Å². The van der Waals surface area contributed by atoms with Crippen LogP contribution in [0.15, 0.2) is 36.4 Å². The highest BCUT2D eigenvalue weighted by Gasteiger charge is 2.05. The van der Waals surface area contributed by atoms with Crippen molar-refractivity contribution in [3.8, 4) is 0 Å². The summed E-state index contributed by atoms with van der Waals surface area (Å²) < 4.78 is 0. The lowest BCUT2D eigenvalue weighted by molar-refractivity contribution is 0.112. The summed E-state index contributed by atoms with van der Waals surface area (Å²) in [6.07, 6.45) is 3.02. The van der Waals surface area contributed by atoms with E-state index in [2.05, 4.69) is 19.1 Å². The van der Waals surface area contributed by atoms with E-state index in [1.807, 2.05) is 24.3 Å². The van der Waals surface area contributed by atoms with Crippen molar-refractivity contribution in [1.82, 2.24) is 0 Å². The normalized spacial score (nSPS) is 10.5. The van der Waals surface area contributed by atoms with Gasteiger partial charge in [-0.1, -0.05) is 49.7 Å². The van der Waals surface area contributed by atoms with Crippen LogP contribution < -0.4 is 0 Å². The van der Waals surface area contributed by atoms with Crippen molar-refractivity contribution in [2.75, 3.05) is 0 Å². The van der Waals surface area contributed by atoms with Crippen LogP contribution in [0.5, 0.6) is 0 Å². The second-order valence-electron chi connectivity index (χ2n) is 3.73. The molecular weight excluding hydrogens is 184 g/mol. The minimum Gasteiger partial charge on any atom is -0.298 e. The zero-order chi connectivity index (χ0) is 10.7. The highest BCUT2D eigenvalue weighted by molar-refractivity contribution is 5.99. The Morgan fingerprint density at radius 3 is 2.67 bits per heavy atom. The molecule has 0 saturated heterocycles. The number of rotatable bonds is 3. The van der Waals surface area contributed by atoms with Gasteiger partial charge in [0.15, 0.2) is 6.29 Å². The maximum Gasteiger partial charge on any atom is 0.150 e. The molecule has 0 bridgehead atoms. The third-order valence-electron chi connectivity index (χ3n) is 2.70. The minimum atomic E-state index is 0.856. The van der Waals surface area contributed by atoms with Crippen molar-refractivity contribution < 1.29 is 4.79 Å². The highest BCUT2D eigenvalue weighted by atomic mass is 16.1. The first-order valence-electron chi connectivity index (χ1n) is 5.32. The van der Waals surface area contributed by atoms with Crippen LogP contribution in [-0.2, 0) is 6.42 Å². The summed E-state index contributed by atoms with van der Waals surface area (Å²) in [7, 11) is 0. The average molecular weight is 198 g/mol. The van der Waals surface area contributed by atoms with E-state index in [1.54, 1.807) is 0 Å². The molecule has 2 aromatic carbocycles. The fourth-order valence-electron chi connectivity index (χ4n) is 1.97. The average Bonchev–Trinajstić information content (AvgIpc) is 2.29. The van der Waals surface area contributed by atoms with Crippen LogP contribution in [0.4, 0.5) is 0 Å². The second kappa shape index (κ2) is 4.26. The van der Waals surface area contributed by atoms with E-state index >= 15 is 0 Å². The maximum absolute atomic E-state index is 11.1. The standard InChI is InChI=1S/C14H14O/c1-2-5-11-8-9-12-6-3-4-7-13(12)14(11)10-15/h3-4,6-10H,2,5H2,1H3. The molecule has 76 valence electrons. The number of carbonyl (C=O) groups excluding carboxylic acids is 1. The molecular formula is C14H14O. The molecule has 0 aliphatic carbocycles. The van der Waals surface area contributed by atoms with Gasteiger partial charge in [0.25, 0.3) is 0 Å². The van der Waals surface area contributed by atoms with Crippen molar-refractivity contribution in [1.29, 1.82) is 0 Å². The predicted molar refractivity (Wildman–Crippen MR) is 63.3 cm³/mol. The zero-order valence-corrected chi connectivity index (χ0v) is 8.86. The van der Waals surface area contributed by atoms with Gasteiger partial charge in [-0.05, 0) is 22.8 Å². The topological polar surface area (TPSA) is 17.1 Å².